The van der Waals surface area contributed by atoms with E-state index in [1.165, 1.54) is 11.1 Å². The molecule has 2 aromatic carbocycles. The van der Waals surface area contributed by atoms with E-state index in [9.17, 15) is 0 Å². The number of aryl methyl sites for hydroxylation is 1. The van der Waals surface area contributed by atoms with Crippen LogP contribution in [0.25, 0.3) is 0 Å². The normalized spacial score (nSPS) is 13.6. The zero-order chi connectivity index (χ0) is 12.2. The molecular formula is C16H16O2. The van der Waals surface area contributed by atoms with Crippen LogP contribution in [0.5, 0.6) is 11.5 Å². The fraction of sp³-hybridized carbons (Fsp3) is 0.250. The summed E-state index contributed by atoms with van der Waals surface area (Å²) < 4.78 is 11.4. The van der Waals surface area contributed by atoms with Crippen molar-refractivity contribution in [2.75, 3.05) is 6.61 Å². The second-order valence-electron chi connectivity index (χ2n) is 4.50. The van der Waals surface area contributed by atoms with Crippen LogP contribution in [0.4, 0.5) is 0 Å². The molecule has 0 aromatic heterocycles. The van der Waals surface area contributed by atoms with Crippen LogP contribution >= 0.6 is 0 Å². The van der Waals surface area contributed by atoms with Gasteiger partial charge in [0.1, 0.15) is 18.1 Å². The molecular weight excluding hydrogens is 224 g/mol. The summed E-state index contributed by atoms with van der Waals surface area (Å²) in [6, 6.07) is 16.3. The first-order valence-corrected chi connectivity index (χ1v) is 6.34. The van der Waals surface area contributed by atoms with Crippen molar-refractivity contribution in [3.8, 4) is 11.5 Å². The molecule has 3 rings (SSSR count). The van der Waals surface area contributed by atoms with Crippen molar-refractivity contribution in [2.24, 2.45) is 0 Å². The third-order valence-corrected chi connectivity index (χ3v) is 3.13. The van der Waals surface area contributed by atoms with E-state index < -0.39 is 0 Å². The molecule has 2 heteroatoms. The summed E-state index contributed by atoms with van der Waals surface area (Å²) >= 11 is 0. The summed E-state index contributed by atoms with van der Waals surface area (Å²) in [6.45, 7) is 1.44. The highest BCUT2D eigenvalue weighted by Crippen LogP contribution is 2.28. The molecule has 0 saturated heterocycles. The molecule has 0 amide bonds. The molecule has 0 bridgehead atoms. The van der Waals surface area contributed by atoms with Crippen molar-refractivity contribution in [3.63, 3.8) is 0 Å². The SMILES string of the molecule is c1ccc(COc2ccc3c(c2)CCCO3)cc1. The number of fused-ring (bicyclic) bond motifs is 1. The van der Waals surface area contributed by atoms with Gasteiger partial charge in [0.25, 0.3) is 0 Å². The van der Waals surface area contributed by atoms with Gasteiger partial charge in [-0.3, -0.25) is 0 Å². The van der Waals surface area contributed by atoms with Crippen LogP contribution in [0, 0.1) is 0 Å². The standard InChI is InChI=1S/C16H16O2/c1-2-5-13(6-3-1)12-18-15-8-9-16-14(11-15)7-4-10-17-16/h1-3,5-6,8-9,11H,4,7,10,12H2. The minimum Gasteiger partial charge on any atom is -0.493 e. The lowest BCUT2D eigenvalue weighted by atomic mass is 10.1. The lowest BCUT2D eigenvalue weighted by Gasteiger charge is -2.18. The van der Waals surface area contributed by atoms with E-state index in [1.807, 2.05) is 30.3 Å². The van der Waals surface area contributed by atoms with Gasteiger partial charge in [0.15, 0.2) is 0 Å². The van der Waals surface area contributed by atoms with Crippen molar-refractivity contribution in [3.05, 3.63) is 59.7 Å². The van der Waals surface area contributed by atoms with Crippen LogP contribution in [-0.4, -0.2) is 6.61 Å². The second kappa shape index (κ2) is 5.13. The number of hydrogen-bond donors (Lipinski definition) is 0. The predicted octanol–water partition coefficient (Wildman–Crippen LogP) is 3.59. The van der Waals surface area contributed by atoms with Crippen molar-refractivity contribution < 1.29 is 9.47 Å². The third kappa shape index (κ3) is 2.48. The van der Waals surface area contributed by atoms with Crippen molar-refractivity contribution in [1.29, 1.82) is 0 Å². The number of ether oxygens (including phenoxy) is 2. The van der Waals surface area contributed by atoms with Gasteiger partial charge in [-0.05, 0) is 42.2 Å². The maximum absolute atomic E-state index is 5.80. The van der Waals surface area contributed by atoms with Gasteiger partial charge in [-0.1, -0.05) is 30.3 Å². The molecule has 1 heterocycles. The Hall–Kier alpha value is -1.96. The van der Waals surface area contributed by atoms with E-state index in [0.29, 0.717) is 6.61 Å². The third-order valence-electron chi connectivity index (χ3n) is 3.13. The highest BCUT2D eigenvalue weighted by Gasteiger charge is 2.10. The van der Waals surface area contributed by atoms with Gasteiger partial charge in [0.2, 0.25) is 0 Å². The Bertz CT molecular complexity index is 520. The van der Waals surface area contributed by atoms with Crippen LogP contribution in [-0.2, 0) is 13.0 Å². The zero-order valence-electron chi connectivity index (χ0n) is 10.3. The Labute approximate surface area is 107 Å². The summed E-state index contributed by atoms with van der Waals surface area (Å²) in [4.78, 5) is 0. The Balaban J connectivity index is 1.70. The number of benzene rings is 2. The molecule has 18 heavy (non-hydrogen) atoms. The Kier molecular flexibility index (Phi) is 3.18. The zero-order valence-corrected chi connectivity index (χ0v) is 10.3. The summed E-state index contributed by atoms with van der Waals surface area (Å²) in [6.07, 6.45) is 2.17. The molecule has 0 saturated carbocycles. The molecule has 1 aliphatic heterocycles. The first-order chi connectivity index (χ1) is 8.92. The van der Waals surface area contributed by atoms with E-state index in [-0.39, 0.29) is 0 Å². The van der Waals surface area contributed by atoms with Gasteiger partial charge in [-0.2, -0.15) is 0 Å². The average Bonchev–Trinajstić information content (AvgIpc) is 2.46. The van der Waals surface area contributed by atoms with Crippen LogP contribution in [0.15, 0.2) is 48.5 Å². The van der Waals surface area contributed by atoms with Crippen molar-refractivity contribution in [2.45, 2.75) is 19.4 Å². The highest BCUT2D eigenvalue weighted by molar-refractivity contribution is 5.41. The van der Waals surface area contributed by atoms with Gasteiger partial charge in [-0.15, -0.1) is 0 Å². The van der Waals surface area contributed by atoms with Crippen molar-refractivity contribution in [1.82, 2.24) is 0 Å². The lowest BCUT2D eigenvalue weighted by molar-refractivity contribution is 0.282. The Morgan fingerprint density at radius 2 is 1.94 bits per heavy atom. The Morgan fingerprint density at radius 1 is 1.06 bits per heavy atom. The largest absolute Gasteiger partial charge is 0.493 e. The van der Waals surface area contributed by atoms with Crippen LogP contribution in [0.2, 0.25) is 0 Å². The molecule has 0 radical (unpaired) electrons. The molecule has 2 aromatic rings. The fourth-order valence-corrected chi connectivity index (χ4v) is 2.17. The monoisotopic (exact) mass is 240 g/mol. The van der Waals surface area contributed by atoms with E-state index in [4.69, 9.17) is 9.47 Å². The summed E-state index contributed by atoms with van der Waals surface area (Å²) in [5.41, 5.74) is 2.44. The van der Waals surface area contributed by atoms with Crippen molar-refractivity contribution >= 4 is 0 Å². The van der Waals surface area contributed by atoms with E-state index in [1.54, 1.807) is 0 Å². The summed E-state index contributed by atoms with van der Waals surface area (Å²) in [5.74, 6) is 1.93. The molecule has 1 aliphatic rings. The lowest BCUT2D eigenvalue weighted by Crippen LogP contribution is -2.08. The van der Waals surface area contributed by atoms with Gasteiger partial charge >= 0.3 is 0 Å². The van der Waals surface area contributed by atoms with Gasteiger partial charge < -0.3 is 9.47 Å². The number of hydrogen-bond acceptors (Lipinski definition) is 2. The molecule has 92 valence electrons. The van der Waals surface area contributed by atoms with Crippen LogP contribution < -0.4 is 9.47 Å². The molecule has 0 aliphatic carbocycles. The molecule has 0 spiro atoms. The maximum atomic E-state index is 5.80. The van der Waals surface area contributed by atoms with E-state index in [0.717, 1.165) is 30.9 Å². The number of rotatable bonds is 3. The van der Waals surface area contributed by atoms with Gasteiger partial charge in [0.05, 0.1) is 6.61 Å². The first-order valence-electron chi connectivity index (χ1n) is 6.34. The smallest absolute Gasteiger partial charge is 0.122 e. The predicted molar refractivity (Wildman–Crippen MR) is 71.0 cm³/mol. The van der Waals surface area contributed by atoms with Gasteiger partial charge in [0, 0.05) is 0 Å². The minimum absolute atomic E-state index is 0.612. The van der Waals surface area contributed by atoms with E-state index in [2.05, 4.69) is 18.2 Å². The van der Waals surface area contributed by atoms with Crippen LogP contribution in [0.3, 0.4) is 0 Å². The maximum Gasteiger partial charge on any atom is 0.122 e. The average molecular weight is 240 g/mol. The second-order valence-corrected chi connectivity index (χ2v) is 4.50. The minimum atomic E-state index is 0.612. The molecule has 0 N–H and O–H groups in total. The first kappa shape index (κ1) is 11.1. The van der Waals surface area contributed by atoms with Crippen LogP contribution in [0.1, 0.15) is 17.5 Å². The quantitative estimate of drug-likeness (QED) is 0.816. The fourth-order valence-electron chi connectivity index (χ4n) is 2.17. The topological polar surface area (TPSA) is 18.5 Å². The summed E-state index contributed by atoms with van der Waals surface area (Å²) in [5, 5.41) is 0. The van der Waals surface area contributed by atoms with E-state index >= 15 is 0 Å². The molecule has 2 nitrogen and oxygen atoms in total. The Morgan fingerprint density at radius 3 is 2.83 bits per heavy atom. The molecule has 0 unspecified atom stereocenters. The molecule has 0 fully saturated rings. The summed E-state index contributed by atoms with van der Waals surface area (Å²) in [7, 11) is 0. The van der Waals surface area contributed by atoms with Gasteiger partial charge in [-0.25, -0.2) is 0 Å². The molecule has 0 atom stereocenters. The highest BCUT2D eigenvalue weighted by atomic mass is 16.5.